The van der Waals surface area contributed by atoms with Gasteiger partial charge in [-0.3, -0.25) is 0 Å². The number of benzene rings is 3. The lowest BCUT2D eigenvalue weighted by molar-refractivity contribution is 0.164. The average molecular weight is 604 g/mol. The Morgan fingerprint density at radius 3 is 1.61 bits per heavy atom. The van der Waals surface area contributed by atoms with Crippen LogP contribution in [0.15, 0.2) is 122 Å². The fourth-order valence-corrected chi connectivity index (χ4v) is 14.5. The number of aliphatic hydroxyl groups excluding tert-OH is 1. The molecule has 5 aromatic rings. The molecule has 4 nitrogen and oxygen atoms in total. The van der Waals surface area contributed by atoms with Gasteiger partial charge in [-0.15, -0.1) is 0 Å². The number of aliphatic hydroxyl groups is 1. The molecule has 1 N–H and O–H groups in total. The second-order valence-electron chi connectivity index (χ2n) is 13.2. The Balaban J connectivity index is 1.39. The smallest absolute Gasteiger partial charge is 0.168 e. The highest BCUT2D eigenvalue weighted by Crippen LogP contribution is 2.43. The highest BCUT2D eigenvalue weighted by Gasteiger charge is 2.45. The molecule has 0 radical (unpaired) electrons. The van der Waals surface area contributed by atoms with E-state index in [0.717, 1.165) is 24.1 Å². The van der Waals surface area contributed by atoms with Crippen molar-refractivity contribution in [3.05, 3.63) is 150 Å². The molecular weight excluding hydrogens is 555 g/mol. The van der Waals surface area contributed by atoms with Crippen molar-refractivity contribution in [3.8, 4) is 0 Å². The summed E-state index contributed by atoms with van der Waals surface area (Å²) in [6.07, 6.45) is 10.6. The fraction of sp³-hybridized carbons (Fsp3) is 0.359. The Hall–Kier alpha value is -3.67. The standard InChI is InChI=1S/C39H49N3OSi/c1-30(2)44(31(3)4,32(5)6)42-26-25-33(27-42)38(43)24-16-23-37-28-41(29-40-37)39(34-17-10-7-11-18-34,35-19-12-8-13-20-35)36-21-14-9-15-22-36/h7-15,17-22,25-32,38,43H,16,23-24H2,1-6H3. The number of imidazole rings is 1. The molecule has 1 atom stereocenters. The number of aromatic nitrogens is 3. The predicted molar refractivity (Wildman–Crippen MR) is 186 cm³/mol. The van der Waals surface area contributed by atoms with Gasteiger partial charge < -0.3 is 13.9 Å². The molecule has 0 amide bonds. The van der Waals surface area contributed by atoms with E-state index < -0.39 is 19.9 Å². The Morgan fingerprint density at radius 2 is 1.16 bits per heavy atom. The van der Waals surface area contributed by atoms with Crippen molar-refractivity contribution >= 4 is 8.24 Å². The summed E-state index contributed by atoms with van der Waals surface area (Å²) in [5, 5.41) is 11.3. The lowest BCUT2D eigenvalue weighted by Gasteiger charge is -2.44. The molecule has 0 saturated carbocycles. The minimum atomic E-state index is -1.82. The van der Waals surface area contributed by atoms with Crippen LogP contribution in [0.3, 0.4) is 0 Å². The van der Waals surface area contributed by atoms with Crippen molar-refractivity contribution in [1.82, 2.24) is 13.8 Å². The van der Waals surface area contributed by atoms with Gasteiger partial charge in [0.1, 0.15) is 5.54 Å². The molecule has 0 fully saturated rings. The third-order valence-corrected chi connectivity index (χ3v) is 16.6. The second kappa shape index (κ2) is 13.5. The second-order valence-corrected chi connectivity index (χ2v) is 18.9. The van der Waals surface area contributed by atoms with Gasteiger partial charge in [-0.25, -0.2) is 4.98 Å². The molecule has 230 valence electrons. The van der Waals surface area contributed by atoms with Crippen LogP contribution in [-0.4, -0.2) is 27.1 Å². The van der Waals surface area contributed by atoms with Crippen molar-refractivity contribution in [1.29, 1.82) is 0 Å². The molecule has 0 aliphatic heterocycles. The SMILES string of the molecule is CC(C)[Si](C(C)C)(C(C)C)n1ccc(C(O)CCCc2cn(C(c3ccccc3)(c3ccccc3)c3ccccc3)cn2)c1. The molecule has 2 heterocycles. The van der Waals surface area contributed by atoms with Crippen LogP contribution in [0.25, 0.3) is 0 Å². The van der Waals surface area contributed by atoms with Gasteiger partial charge in [0.2, 0.25) is 0 Å². The number of rotatable bonds is 13. The van der Waals surface area contributed by atoms with Crippen LogP contribution in [0.1, 0.15) is 88.4 Å². The largest absolute Gasteiger partial charge is 0.388 e. The molecule has 0 aliphatic rings. The summed E-state index contributed by atoms with van der Waals surface area (Å²) in [4.78, 5) is 4.91. The maximum atomic E-state index is 11.3. The van der Waals surface area contributed by atoms with Crippen molar-refractivity contribution in [3.63, 3.8) is 0 Å². The zero-order chi connectivity index (χ0) is 31.3. The van der Waals surface area contributed by atoms with E-state index in [9.17, 15) is 5.11 Å². The van der Waals surface area contributed by atoms with Crippen molar-refractivity contribution in [2.75, 3.05) is 0 Å². The molecule has 0 spiro atoms. The number of hydrogen-bond acceptors (Lipinski definition) is 2. The van der Waals surface area contributed by atoms with Crippen molar-refractivity contribution < 1.29 is 5.11 Å². The van der Waals surface area contributed by atoms with Gasteiger partial charge >= 0.3 is 0 Å². The van der Waals surface area contributed by atoms with Crippen LogP contribution < -0.4 is 0 Å². The number of aryl methyl sites for hydroxylation is 1. The lowest BCUT2D eigenvalue weighted by Crippen LogP contribution is -2.51. The molecular formula is C39H49N3OSi. The zero-order valence-electron chi connectivity index (χ0n) is 27.3. The Labute approximate surface area is 265 Å². The first-order valence-electron chi connectivity index (χ1n) is 16.3. The Kier molecular flexibility index (Phi) is 9.77. The molecule has 3 aromatic carbocycles. The van der Waals surface area contributed by atoms with Gasteiger partial charge in [0.25, 0.3) is 0 Å². The van der Waals surface area contributed by atoms with Crippen LogP contribution in [0.2, 0.25) is 16.6 Å². The highest BCUT2D eigenvalue weighted by molar-refractivity contribution is 6.82. The van der Waals surface area contributed by atoms with Crippen LogP contribution in [0, 0.1) is 0 Å². The normalized spacial score (nSPS) is 13.2. The molecule has 5 heteroatoms. The van der Waals surface area contributed by atoms with Crippen LogP contribution >= 0.6 is 0 Å². The first-order chi connectivity index (χ1) is 21.2. The van der Waals surface area contributed by atoms with E-state index >= 15 is 0 Å². The van der Waals surface area contributed by atoms with Crippen molar-refractivity contribution in [2.45, 2.75) is 89.1 Å². The van der Waals surface area contributed by atoms with Crippen LogP contribution in [0.5, 0.6) is 0 Å². The minimum absolute atomic E-state index is 0.478. The summed E-state index contributed by atoms with van der Waals surface area (Å²) in [6.45, 7) is 14.3. The van der Waals surface area contributed by atoms with Gasteiger partial charge in [-0.05, 0) is 70.4 Å². The minimum Gasteiger partial charge on any atom is -0.388 e. The number of hydrogen-bond donors (Lipinski definition) is 1. The Morgan fingerprint density at radius 1 is 0.682 bits per heavy atom. The third-order valence-electron chi connectivity index (χ3n) is 9.83. The van der Waals surface area contributed by atoms with E-state index in [0.29, 0.717) is 23.0 Å². The first kappa shape index (κ1) is 31.7. The monoisotopic (exact) mass is 603 g/mol. The quantitative estimate of drug-likeness (QED) is 0.108. The Bertz CT molecular complexity index is 1470. The van der Waals surface area contributed by atoms with Gasteiger partial charge in [-0.2, -0.15) is 0 Å². The van der Waals surface area contributed by atoms with E-state index in [-0.39, 0.29) is 0 Å². The molecule has 0 bridgehead atoms. The topological polar surface area (TPSA) is 43.0 Å². The summed E-state index contributed by atoms with van der Waals surface area (Å²) >= 11 is 0. The first-order valence-corrected chi connectivity index (χ1v) is 18.5. The number of nitrogens with zero attached hydrogens (tertiary/aromatic N) is 3. The fourth-order valence-electron chi connectivity index (χ4n) is 8.05. The molecule has 5 rings (SSSR count). The van der Waals surface area contributed by atoms with Crippen molar-refractivity contribution in [2.24, 2.45) is 0 Å². The molecule has 44 heavy (non-hydrogen) atoms. The summed E-state index contributed by atoms with van der Waals surface area (Å²) in [6, 6.07) is 34.2. The van der Waals surface area contributed by atoms with Gasteiger partial charge in [0, 0.05) is 12.4 Å². The zero-order valence-corrected chi connectivity index (χ0v) is 28.3. The van der Waals surface area contributed by atoms with Gasteiger partial charge in [0.15, 0.2) is 8.24 Å². The highest BCUT2D eigenvalue weighted by atomic mass is 28.3. The third kappa shape index (κ3) is 5.76. The predicted octanol–water partition coefficient (Wildman–Crippen LogP) is 9.60. The summed E-state index contributed by atoms with van der Waals surface area (Å²) < 4.78 is 4.79. The molecule has 2 aromatic heterocycles. The summed E-state index contributed by atoms with van der Waals surface area (Å²) in [5.74, 6) is 0. The molecule has 0 saturated heterocycles. The average Bonchev–Trinajstić information content (AvgIpc) is 3.70. The van der Waals surface area contributed by atoms with E-state index in [2.05, 4.69) is 166 Å². The maximum Gasteiger partial charge on any atom is 0.168 e. The molecule has 1 unspecified atom stereocenters. The van der Waals surface area contributed by atoms with Gasteiger partial charge in [-0.1, -0.05) is 133 Å². The van der Waals surface area contributed by atoms with E-state index in [4.69, 9.17) is 4.98 Å². The molecule has 0 aliphatic carbocycles. The van der Waals surface area contributed by atoms with Crippen LogP contribution in [-0.2, 0) is 12.0 Å². The van der Waals surface area contributed by atoms with E-state index in [1.807, 2.05) is 6.33 Å². The summed E-state index contributed by atoms with van der Waals surface area (Å²) in [7, 11) is -1.82. The van der Waals surface area contributed by atoms with Gasteiger partial charge in [0.05, 0.1) is 18.1 Å². The van der Waals surface area contributed by atoms with E-state index in [1.54, 1.807) is 0 Å². The van der Waals surface area contributed by atoms with Crippen LogP contribution in [0.4, 0.5) is 0 Å². The summed E-state index contributed by atoms with van der Waals surface area (Å²) in [5.41, 5.74) is 6.91. The van der Waals surface area contributed by atoms with E-state index in [1.165, 1.54) is 16.7 Å². The lowest BCUT2D eigenvalue weighted by atomic mass is 9.77. The maximum absolute atomic E-state index is 11.3.